The van der Waals surface area contributed by atoms with E-state index in [2.05, 4.69) is 10.6 Å². The largest absolute Gasteiger partial charge is 0.467 e. The summed E-state index contributed by atoms with van der Waals surface area (Å²) < 4.78 is 20.9. The number of ether oxygens (including phenoxy) is 4. The smallest absolute Gasteiger partial charge is 0.408 e. The lowest BCUT2D eigenvalue weighted by Gasteiger charge is -2.24. The van der Waals surface area contributed by atoms with E-state index < -0.39 is 47.4 Å². The molecule has 2 rings (SSSR count). The Kier molecular flexibility index (Phi) is 11.5. The molecule has 0 aliphatic heterocycles. The molecule has 218 valence electrons. The molecule has 0 aliphatic rings. The summed E-state index contributed by atoms with van der Waals surface area (Å²) in [7, 11) is 1.24. The van der Waals surface area contributed by atoms with Crippen LogP contribution in [0.5, 0.6) is 0 Å². The maximum absolute atomic E-state index is 12.9. The summed E-state index contributed by atoms with van der Waals surface area (Å²) in [6, 6.07) is 14.3. The van der Waals surface area contributed by atoms with Gasteiger partial charge in [-0.1, -0.05) is 54.6 Å². The van der Waals surface area contributed by atoms with Crippen LogP contribution in [0.1, 0.15) is 58.2 Å². The van der Waals surface area contributed by atoms with Crippen molar-refractivity contribution in [1.29, 1.82) is 0 Å². The van der Waals surface area contributed by atoms with Crippen LogP contribution in [0.4, 0.5) is 9.59 Å². The third kappa shape index (κ3) is 12.2. The van der Waals surface area contributed by atoms with Crippen molar-refractivity contribution < 1.29 is 38.1 Å². The Morgan fingerprint density at radius 3 is 1.60 bits per heavy atom. The van der Waals surface area contributed by atoms with Crippen molar-refractivity contribution in [2.45, 2.75) is 84.3 Å². The number of carbonyl (C=O) groups excluding carboxylic acids is 4. The third-order valence-corrected chi connectivity index (χ3v) is 5.28. The molecule has 0 radical (unpaired) electrons. The van der Waals surface area contributed by atoms with E-state index in [0.29, 0.717) is 0 Å². The first-order chi connectivity index (χ1) is 18.6. The summed E-state index contributed by atoms with van der Waals surface area (Å²) in [4.78, 5) is 49.9. The molecule has 10 nitrogen and oxygen atoms in total. The van der Waals surface area contributed by atoms with Crippen LogP contribution in [0.25, 0.3) is 0 Å². The Hall–Kier alpha value is -4.08. The van der Waals surface area contributed by atoms with E-state index in [1.165, 1.54) is 7.11 Å². The van der Waals surface area contributed by atoms with Crippen molar-refractivity contribution in [1.82, 2.24) is 10.6 Å². The van der Waals surface area contributed by atoms with Crippen molar-refractivity contribution in [3.63, 3.8) is 0 Å². The molecule has 2 atom stereocenters. The number of esters is 2. The molecule has 0 heterocycles. The topological polar surface area (TPSA) is 129 Å². The van der Waals surface area contributed by atoms with Crippen LogP contribution in [0, 0.1) is 0 Å². The van der Waals surface area contributed by atoms with Gasteiger partial charge < -0.3 is 29.6 Å². The number of alkyl carbamates (subject to hydrolysis) is 2. The minimum atomic E-state index is -0.995. The lowest BCUT2D eigenvalue weighted by molar-refractivity contribution is -0.157. The fourth-order valence-corrected chi connectivity index (χ4v) is 3.54. The van der Waals surface area contributed by atoms with Gasteiger partial charge in [0, 0.05) is 12.8 Å². The predicted molar refractivity (Wildman–Crippen MR) is 148 cm³/mol. The maximum atomic E-state index is 12.9. The first-order valence-electron chi connectivity index (χ1n) is 13.0. The molecule has 0 saturated carbocycles. The molecular weight excluding hydrogens is 516 g/mol. The van der Waals surface area contributed by atoms with Gasteiger partial charge in [0.05, 0.1) is 7.11 Å². The molecule has 2 aromatic carbocycles. The Balaban J connectivity index is 2.09. The zero-order chi connectivity index (χ0) is 29.9. The highest BCUT2D eigenvalue weighted by Crippen LogP contribution is 2.15. The number of carbonyl (C=O) groups is 4. The van der Waals surface area contributed by atoms with Crippen molar-refractivity contribution in [3.8, 4) is 0 Å². The van der Waals surface area contributed by atoms with Gasteiger partial charge in [-0.25, -0.2) is 19.2 Å². The average Bonchev–Trinajstić information content (AvgIpc) is 2.85. The summed E-state index contributed by atoms with van der Waals surface area (Å²) in [5.74, 6) is -1.21. The van der Waals surface area contributed by atoms with Gasteiger partial charge in [0.25, 0.3) is 0 Å². The number of methoxy groups -OCH3 is 1. The normalized spacial score (nSPS) is 12.9. The molecule has 0 fully saturated rings. The van der Waals surface area contributed by atoms with E-state index in [-0.39, 0.29) is 19.4 Å². The first-order valence-corrected chi connectivity index (χ1v) is 13.0. The lowest BCUT2D eigenvalue weighted by Crippen LogP contribution is -2.45. The van der Waals surface area contributed by atoms with Crippen LogP contribution in [-0.2, 0) is 48.0 Å². The van der Waals surface area contributed by atoms with E-state index in [1.54, 1.807) is 65.8 Å². The van der Waals surface area contributed by atoms with Crippen LogP contribution < -0.4 is 10.6 Å². The summed E-state index contributed by atoms with van der Waals surface area (Å²) in [5.41, 5.74) is 0.809. The van der Waals surface area contributed by atoms with Crippen LogP contribution in [0.15, 0.2) is 54.6 Å². The molecular formula is C30H40N2O8. The second-order valence-electron chi connectivity index (χ2n) is 11.2. The molecule has 0 spiro atoms. The number of benzene rings is 2. The van der Waals surface area contributed by atoms with E-state index >= 15 is 0 Å². The highest BCUT2D eigenvalue weighted by atomic mass is 16.6. The van der Waals surface area contributed by atoms with Crippen molar-refractivity contribution >= 4 is 24.1 Å². The quantitative estimate of drug-likeness (QED) is 0.324. The Labute approximate surface area is 235 Å². The molecule has 10 heteroatoms. The van der Waals surface area contributed by atoms with Gasteiger partial charge in [-0.3, -0.25) is 0 Å². The molecule has 0 saturated heterocycles. The standard InChI is InChI=1S/C30H40N2O8/c1-29(2,3)39-26(34)24(31-27(35)38-19-22-11-9-8-10-12-22)18-21-15-13-20(14-16-21)17-23(25(33)37-7)32-28(36)40-30(4,5)6/h8-16,23-24H,17-19H2,1-7H3,(H,31,35)(H,32,36)/t23-,24-/m0/s1. The SMILES string of the molecule is COC(=O)[C@H](Cc1ccc(C[C@H](NC(=O)OCc2ccccc2)C(=O)OC(C)(C)C)cc1)NC(=O)OC(C)(C)C. The summed E-state index contributed by atoms with van der Waals surface area (Å²) in [6.07, 6.45) is -1.17. The van der Waals surface area contributed by atoms with Gasteiger partial charge in [-0.15, -0.1) is 0 Å². The van der Waals surface area contributed by atoms with Gasteiger partial charge in [-0.2, -0.15) is 0 Å². The second kappa shape index (κ2) is 14.3. The minimum absolute atomic E-state index is 0.0566. The zero-order valence-corrected chi connectivity index (χ0v) is 24.2. The number of rotatable bonds is 10. The first kappa shape index (κ1) is 32.1. The van der Waals surface area contributed by atoms with Gasteiger partial charge in [0.1, 0.15) is 29.9 Å². The average molecular weight is 557 g/mol. The Morgan fingerprint density at radius 1 is 0.650 bits per heavy atom. The lowest BCUT2D eigenvalue weighted by atomic mass is 10.0. The number of hydrogen-bond donors (Lipinski definition) is 2. The number of amides is 2. The zero-order valence-electron chi connectivity index (χ0n) is 24.2. The van der Waals surface area contributed by atoms with Gasteiger partial charge in [0.2, 0.25) is 0 Å². The molecule has 40 heavy (non-hydrogen) atoms. The highest BCUT2D eigenvalue weighted by Gasteiger charge is 2.28. The summed E-state index contributed by atoms with van der Waals surface area (Å²) in [5, 5.41) is 5.15. The predicted octanol–water partition coefficient (Wildman–Crippen LogP) is 4.47. The number of hydrogen-bond acceptors (Lipinski definition) is 8. The third-order valence-electron chi connectivity index (χ3n) is 5.28. The summed E-state index contributed by atoms with van der Waals surface area (Å²) >= 11 is 0. The van der Waals surface area contributed by atoms with Crippen LogP contribution in [-0.4, -0.2) is 54.5 Å². The van der Waals surface area contributed by atoms with E-state index in [1.807, 2.05) is 30.3 Å². The molecule has 0 unspecified atom stereocenters. The van der Waals surface area contributed by atoms with Gasteiger partial charge >= 0.3 is 24.1 Å². The van der Waals surface area contributed by atoms with Crippen molar-refractivity contribution in [2.75, 3.05) is 7.11 Å². The van der Waals surface area contributed by atoms with Crippen molar-refractivity contribution in [3.05, 3.63) is 71.3 Å². The van der Waals surface area contributed by atoms with Gasteiger partial charge in [0.15, 0.2) is 0 Å². The minimum Gasteiger partial charge on any atom is -0.467 e. The Morgan fingerprint density at radius 2 is 1.12 bits per heavy atom. The second-order valence-corrected chi connectivity index (χ2v) is 11.2. The van der Waals surface area contributed by atoms with E-state index in [9.17, 15) is 19.2 Å². The highest BCUT2D eigenvalue weighted by molar-refractivity contribution is 5.82. The van der Waals surface area contributed by atoms with Gasteiger partial charge in [-0.05, 0) is 58.2 Å². The molecule has 2 N–H and O–H groups in total. The monoisotopic (exact) mass is 556 g/mol. The van der Waals surface area contributed by atoms with Crippen LogP contribution in [0.3, 0.4) is 0 Å². The number of nitrogens with one attached hydrogen (secondary N) is 2. The van der Waals surface area contributed by atoms with E-state index in [0.717, 1.165) is 16.7 Å². The molecule has 2 amide bonds. The fraction of sp³-hybridized carbons (Fsp3) is 0.467. The molecule has 2 aromatic rings. The maximum Gasteiger partial charge on any atom is 0.408 e. The van der Waals surface area contributed by atoms with Crippen molar-refractivity contribution in [2.24, 2.45) is 0 Å². The molecule has 0 aliphatic carbocycles. The fourth-order valence-electron chi connectivity index (χ4n) is 3.54. The molecule has 0 bridgehead atoms. The summed E-state index contributed by atoms with van der Waals surface area (Å²) in [6.45, 7) is 10.5. The Bertz CT molecular complexity index is 1140. The molecule has 0 aromatic heterocycles. The van der Waals surface area contributed by atoms with Crippen LogP contribution >= 0.6 is 0 Å². The van der Waals surface area contributed by atoms with E-state index in [4.69, 9.17) is 18.9 Å². The van der Waals surface area contributed by atoms with Crippen LogP contribution in [0.2, 0.25) is 0 Å².